The number of alkyl carbamates (subject to hydrolysis) is 1. The van der Waals surface area contributed by atoms with Crippen LogP contribution in [0.2, 0.25) is 0 Å². The van der Waals surface area contributed by atoms with Gasteiger partial charge in [0.05, 0.1) is 7.11 Å². The smallest absolute Gasteiger partial charge is 0.408 e. The molecule has 1 aromatic carbocycles. The fourth-order valence-electron chi connectivity index (χ4n) is 4.24. The minimum absolute atomic E-state index is 0.167. The van der Waals surface area contributed by atoms with E-state index >= 15 is 0 Å². The van der Waals surface area contributed by atoms with E-state index in [4.69, 9.17) is 4.74 Å². The van der Waals surface area contributed by atoms with Crippen molar-refractivity contribution < 1.29 is 28.7 Å². The van der Waals surface area contributed by atoms with E-state index in [2.05, 4.69) is 15.4 Å². The van der Waals surface area contributed by atoms with Gasteiger partial charge >= 0.3 is 12.1 Å². The topological polar surface area (TPSA) is 114 Å². The van der Waals surface area contributed by atoms with E-state index in [9.17, 15) is 19.2 Å². The van der Waals surface area contributed by atoms with Crippen LogP contribution in [0.5, 0.6) is 0 Å². The Labute approximate surface area is 224 Å². The molecule has 3 amide bonds. The lowest BCUT2D eigenvalue weighted by Gasteiger charge is -2.43. The predicted molar refractivity (Wildman–Crippen MR) is 144 cm³/mol. The number of rotatable bonds is 11. The zero-order chi connectivity index (χ0) is 27.8. The zero-order valence-electron chi connectivity index (χ0n) is 23.0. The second-order valence-corrected chi connectivity index (χ2v) is 11.4. The zero-order valence-corrected chi connectivity index (χ0v) is 23.8. The molecule has 9 nitrogen and oxygen atoms in total. The number of ether oxygens (including phenoxy) is 2. The van der Waals surface area contributed by atoms with Crippen LogP contribution in [0.3, 0.4) is 0 Å². The molecule has 1 aliphatic rings. The van der Waals surface area contributed by atoms with Crippen molar-refractivity contribution in [2.45, 2.75) is 84.0 Å². The van der Waals surface area contributed by atoms with Gasteiger partial charge in [0.25, 0.3) is 0 Å². The van der Waals surface area contributed by atoms with Crippen molar-refractivity contribution in [1.29, 1.82) is 0 Å². The van der Waals surface area contributed by atoms with E-state index in [1.165, 1.54) is 7.11 Å². The van der Waals surface area contributed by atoms with E-state index < -0.39 is 35.7 Å². The van der Waals surface area contributed by atoms with Crippen LogP contribution in [0.4, 0.5) is 4.79 Å². The van der Waals surface area contributed by atoms with Crippen molar-refractivity contribution in [2.24, 2.45) is 0 Å². The number of methoxy groups -OCH3 is 1. The minimum atomic E-state index is -0.974. The Kier molecular flexibility index (Phi) is 11.3. The van der Waals surface area contributed by atoms with Crippen LogP contribution in [0, 0.1) is 13.8 Å². The van der Waals surface area contributed by atoms with Crippen LogP contribution in [0.25, 0.3) is 0 Å². The molecule has 0 aliphatic heterocycles. The summed E-state index contributed by atoms with van der Waals surface area (Å²) in [6.07, 6.45) is 4.06. The number of benzene rings is 1. The maximum atomic E-state index is 14.1. The Morgan fingerprint density at radius 3 is 2.22 bits per heavy atom. The van der Waals surface area contributed by atoms with E-state index in [0.717, 1.165) is 30.4 Å². The predicted octanol–water partition coefficient (Wildman–Crippen LogP) is 3.66. The van der Waals surface area contributed by atoms with Gasteiger partial charge in [0.15, 0.2) is 0 Å². The molecule has 0 spiro atoms. The molecule has 37 heavy (non-hydrogen) atoms. The molecule has 1 fully saturated rings. The third-order valence-corrected chi connectivity index (χ3v) is 6.69. The van der Waals surface area contributed by atoms with Crippen molar-refractivity contribution in [2.75, 3.05) is 25.7 Å². The maximum absolute atomic E-state index is 14.1. The summed E-state index contributed by atoms with van der Waals surface area (Å²) in [7, 11) is 1.25. The second kappa shape index (κ2) is 13.7. The average molecular weight is 536 g/mol. The molecule has 0 radical (unpaired) electrons. The molecule has 1 aliphatic carbocycles. The molecule has 2 N–H and O–H groups in total. The number of aryl methyl sites for hydroxylation is 2. The summed E-state index contributed by atoms with van der Waals surface area (Å²) >= 11 is 1.56. The monoisotopic (exact) mass is 535 g/mol. The molecule has 2 atom stereocenters. The van der Waals surface area contributed by atoms with Crippen LogP contribution in [0.15, 0.2) is 18.2 Å². The van der Waals surface area contributed by atoms with Crippen molar-refractivity contribution in [3.63, 3.8) is 0 Å². The largest absolute Gasteiger partial charge is 0.468 e. The molecular formula is C27H41N3O6S. The van der Waals surface area contributed by atoms with Gasteiger partial charge in [0.1, 0.15) is 24.2 Å². The van der Waals surface area contributed by atoms with E-state index in [-0.39, 0.29) is 18.5 Å². The van der Waals surface area contributed by atoms with Gasteiger partial charge in [0, 0.05) is 6.04 Å². The lowest BCUT2D eigenvalue weighted by molar-refractivity contribution is -0.148. The number of hydrogen-bond acceptors (Lipinski definition) is 7. The molecule has 206 valence electrons. The minimum Gasteiger partial charge on any atom is -0.468 e. The van der Waals surface area contributed by atoms with Crippen LogP contribution in [-0.2, 0) is 23.9 Å². The Hall–Kier alpha value is -2.75. The van der Waals surface area contributed by atoms with Gasteiger partial charge in [-0.05, 0) is 77.9 Å². The molecule has 0 heterocycles. The highest BCUT2D eigenvalue weighted by Crippen LogP contribution is 2.34. The SMILES string of the molecule is COC(=O)CNC(=O)C(c1cc(C)cc(C)c1)N(C(=O)C(CCSC)NC(=O)OC(C)(C)C)C1CCC1. The lowest BCUT2D eigenvalue weighted by Crippen LogP contribution is -2.57. The number of carbonyl (C=O) groups is 4. The summed E-state index contributed by atoms with van der Waals surface area (Å²) in [5, 5.41) is 5.39. The summed E-state index contributed by atoms with van der Waals surface area (Å²) in [6.45, 7) is 8.83. The molecule has 0 saturated heterocycles. The molecule has 10 heteroatoms. The van der Waals surface area contributed by atoms with Gasteiger partial charge < -0.3 is 25.0 Å². The van der Waals surface area contributed by atoms with E-state index in [0.29, 0.717) is 17.7 Å². The van der Waals surface area contributed by atoms with Gasteiger partial charge in [-0.15, -0.1) is 0 Å². The fourth-order valence-corrected chi connectivity index (χ4v) is 4.71. The van der Waals surface area contributed by atoms with E-state index in [1.54, 1.807) is 37.4 Å². The Morgan fingerprint density at radius 2 is 1.73 bits per heavy atom. The number of amides is 3. The summed E-state index contributed by atoms with van der Waals surface area (Å²) in [4.78, 5) is 53.8. The van der Waals surface area contributed by atoms with Crippen molar-refractivity contribution in [3.8, 4) is 0 Å². The van der Waals surface area contributed by atoms with Gasteiger partial charge in [-0.25, -0.2) is 4.79 Å². The average Bonchev–Trinajstić information content (AvgIpc) is 2.76. The van der Waals surface area contributed by atoms with Gasteiger partial charge in [-0.3, -0.25) is 14.4 Å². The first-order valence-corrected chi connectivity index (χ1v) is 14.0. The summed E-state index contributed by atoms with van der Waals surface area (Å²) in [5.74, 6) is -0.773. The normalized spacial score (nSPS) is 15.1. The van der Waals surface area contributed by atoms with Gasteiger partial charge in [0.2, 0.25) is 11.8 Å². The quantitative estimate of drug-likeness (QED) is 0.416. The number of esters is 1. The first-order valence-electron chi connectivity index (χ1n) is 12.6. The van der Waals surface area contributed by atoms with Gasteiger partial charge in [-0.1, -0.05) is 29.3 Å². The van der Waals surface area contributed by atoms with Crippen LogP contribution >= 0.6 is 11.8 Å². The maximum Gasteiger partial charge on any atom is 0.408 e. The summed E-state index contributed by atoms with van der Waals surface area (Å²) in [6, 6.07) is 3.75. The molecule has 2 unspecified atom stereocenters. The molecule has 1 saturated carbocycles. The van der Waals surface area contributed by atoms with Crippen LogP contribution in [0.1, 0.15) is 69.2 Å². The number of carbonyl (C=O) groups excluding carboxylic acids is 4. The molecular weight excluding hydrogens is 494 g/mol. The first-order chi connectivity index (χ1) is 17.4. The summed E-state index contributed by atoms with van der Waals surface area (Å²) < 4.78 is 10.1. The highest BCUT2D eigenvalue weighted by atomic mass is 32.2. The van der Waals surface area contributed by atoms with E-state index in [1.807, 2.05) is 38.3 Å². The number of thioether (sulfide) groups is 1. The molecule has 0 bridgehead atoms. The van der Waals surface area contributed by atoms with Crippen molar-refractivity contribution in [3.05, 3.63) is 34.9 Å². The number of hydrogen-bond donors (Lipinski definition) is 2. The summed E-state index contributed by atoms with van der Waals surface area (Å²) in [5.41, 5.74) is 1.83. The lowest BCUT2D eigenvalue weighted by atomic mass is 9.87. The highest BCUT2D eigenvalue weighted by molar-refractivity contribution is 7.98. The number of nitrogens with one attached hydrogen (secondary N) is 2. The van der Waals surface area contributed by atoms with Crippen molar-refractivity contribution in [1.82, 2.24) is 15.5 Å². The molecule has 1 aromatic rings. The van der Waals surface area contributed by atoms with Crippen LogP contribution in [-0.4, -0.2) is 72.1 Å². The third-order valence-electron chi connectivity index (χ3n) is 6.04. The Bertz CT molecular complexity index is 953. The Morgan fingerprint density at radius 1 is 1.11 bits per heavy atom. The number of nitrogens with zero attached hydrogens (tertiary/aromatic N) is 1. The molecule has 0 aromatic heterocycles. The van der Waals surface area contributed by atoms with Crippen molar-refractivity contribution >= 4 is 35.6 Å². The third kappa shape index (κ3) is 9.25. The second-order valence-electron chi connectivity index (χ2n) is 10.4. The molecule has 2 rings (SSSR count). The fraction of sp³-hybridized carbons (Fsp3) is 0.630. The first kappa shape index (κ1) is 30.5. The van der Waals surface area contributed by atoms with Crippen LogP contribution < -0.4 is 10.6 Å². The standard InChI is InChI=1S/C27H41N3O6S/c1-17-13-18(2)15-19(14-17)23(24(32)28-16-22(31)35-6)30(20-9-8-10-20)25(33)21(11-12-37-7)29-26(34)36-27(3,4)5/h13-15,20-21,23H,8-12,16H2,1-7H3,(H,28,32)(H,29,34). The highest BCUT2D eigenvalue weighted by Gasteiger charge is 2.42. The van der Waals surface area contributed by atoms with Gasteiger partial charge in [-0.2, -0.15) is 11.8 Å². The Balaban J connectivity index is 2.50.